The monoisotopic (exact) mass is 290 g/mol. The number of halogens is 4. The Labute approximate surface area is 99.3 Å². The van der Waals surface area contributed by atoms with Crippen LogP contribution in [0.15, 0.2) is 23.1 Å². The molecular weight excluding hydrogens is 285 g/mol. The highest BCUT2D eigenvalue weighted by molar-refractivity contribution is 8.13. The molecule has 0 atom stereocenters. The van der Waals surface area contributed by atoms with Crippen molar-refractivity contribution in [2.45, 2.75) is 11.3 Å². The zero-order valence-corrected chi connectivity index (χ0v) is 9.86. The van der Waals surface area contributed by atoms with Crippen LogP contribution in [0, 0.1) is 0 Å². The van der Waals surface area contributed by atoms with Gasteiger partial charge >= 0.3 is 6.36 Å². The van der Waals surface area contributed by atoms with Crippen LogP contribution in [0.3, 0.4) is 0 Å². The lowest BCUT2D eigenvalue weighted by Gasteiger charge is -2.14. The average molecular weight is 291 g/mol. The Morgan fingerprint density at radius 2 is 1.88 bits per heavy atom. The van der Waals surface area contributed by atoms with E-state index in [4.69, 9.17) is 10.7 Å². The highest BCUT2D eigenvalue weighted by Crippen LogP contribution is 2.39. The summed E-state index contributed by atoms with van der Waals surface area (Å²) in [5, 5.41) is 0. The lowest BCUT2D eigenvalue weighted by molar-refractivity contribution is -0.276. The summed E-state index contributed by atoms with van der Waals surface area (Å²) < 4.78 is 66.6. The second kappa shape index (κ2) is 4.61. The van der Waals surface area contributed by atoms with E-state index < -0.39 is 26.1 Å². The Morgan fingerprint density at radius 1 is 1.29 bits per heavy atom. The Kier molecular flexibility index (Phi) is 3.78. The topological polar surface area (TPSA) is 52.6 Å². The molecule has 0 saturated heterocycles. The molecule has 0 N–H and O–H groups in total. The molecule has 0 aromatic heterocycles. The molecule has 4 nitrogen and oxygen atoms in total. The average Bonchev–Trinajstić information content (AvgIpc) is 2.13. The Bertz CT molecular complexity index is 512. The SMILES string of the molecule is COc1cccc(S(=O)(=O)Cl)c1OC(F)(F)F. The molecule has 0 amide bonds. The molecule has 0 aliphatic heterocycles. The van der Waals surface area contributed by atoms with Crippen molar-refractivity contribution in [3.8, 4) is 11.5 Å². The van der Waals surface area contributed by atoms with E-state index in [1.807, 2.05) is 0 Å². The first-order chi connectivity index (χ1) is 7.65. The molecule has 0 aliphatic carbocycles. The number of hydrogen-bond donors (Lipinski definition) is 0. The minimum Gasteiger partial charge on any atom is -0.493 e. The van der Waals surface area contributed by atoms with E-state index in [0.717, 1.165) is 19.2 Å². The molecule has 0 unspecified atom stereocenters. The molecular formula is C8H6ClF3O4S. The van der Waals surface area contributed by atoms with Crippen molar-refractivity contribution in [3.05, 3.63) is 18.2 Å². The van der Waals surface area contributed by atoms with Crippen LogP contribution in [-0.2, 0) is 9.05 Å². The first kappa shape index (κ1) is 13.9. The van der Waals surface area contributed by atoms with Crippen molar-refractivity contribution in [1.82, 2.24) is 0 Å². The van der Waals surface area contributed by atoms with Crippen molar-refractivity contribution in [1.29, 1.82) is 0 Å². The number of alkyl halides is 3. The Morgan fingerprint density at radius 3 is 2.29 bits per heavy atom. The van der Waals surface area contributed by atoms with Gasteiger partial charge in [0.05, 0.1) is 7.11 Å². The van der Waals surface area contributed by atoms with Crippen molar-refractivity contribution in [2.24, 2.45) is 0 Å². The maximum Gasteiger partial charge on any atom is 0.573 e. The third-order valence-corrected chi connectivity index (χ3v) is 2.99. The fourth-order valence-corrected chi connectivity index (χ4v) is 2.03. The van der Waals surface area contributed by atoms with E-state index >= 15 is 0 Å². The van der Waals surface area contributed by atoms with Crippen LogP contribution >= 0.6 is 10.7 Å². The van der Waals surface area contributed by atoms with E-state index in [1.165, 1.54) is 6.07 Å². The summed E-state index contributed by atoms with van der Waals surface area (Å²) in [6, 6.07) is 3.18. The van der Waals surface area contributed by atoms with Gasteiger partial charge in [-0.15, -0.1) is 13.2 Å². The molecule has 96 valence electrons. The Balaban J connectivity index is 3.42. The second-order valence-corrected chi connectivity index (χ2v) is 5.31. The molecule has 0 spiro atoms. The predicted octanol–water partition coefficient (Wildman–Crippen LogP) is 2.52. The fraction of sp³-hybridized carbons (Fsp3) is 0.250. The molecule has 0 fully saturated rings. The molecule has 1 rings (SSSR count). The molecule has 0 aliphatic rings. The third kappa shape index (κ3) is 3.67. The van der Waals surface area contributed by atoms with Crippen LogP contribution in [-0.4, -0.2) is 21.9 Å². The van der Waals surface area contributed by atoms with Gasteiger partial charge in [-0.25, -0.2) is 8.42 Å². The summed E-state index contributed by atoms with van der Waals surface area (Å²) in [4.78, 5) is -0.809. The molecule has 1 aromatic carbocycles. The summed E-state index contributed by atoms with van der Waals surface area (Å²) in [5.74, 6) is -1.37. The van der Waals surface area contributed by atoms with Crippen LogP contribution in [0.4, 0.5) is 13.2 Å². The maximum atomic E-state index is 12.1. The van der Waals surface area contributed by atoms with Crippen LogP contribution in [0.1, 0.15) is 0 Å². The van der Waals surface area contributed by atoms with Crippen LogP contribution in [0.2, 0.25) is 0 Å². The molecule has 1 aromatic rings. The Hall–Kier alpha value is -1.15. The number of benzene rings is 1. The van der Waals surface area contributed by atoms with Gasteiger partial charge in [0.15, 0.2) is 11.5 Å². The number of rotatable bonds is 3. The first-order valence-electron chi connectivity index (χ1n) is 4.02. The number of hydrogen-bond acceptors (Lipinski definition) is 4. The van der Waals surface area contributed by atoms with E-state index in [9.17, 15) is 21.6 Å². The largest absolute Gasteiger partial charge is 0.573 e. The van der Waals surface area contributed by atoms with E-state index in [2.05, 4.69) is 9.47 Å². The highest BCUT2D eigenvalue weighted by atomic mass is 35.7. The van der Waals surface area contributed by atoms with Gasteiger partial charge in [-0.05, 0) is 12.1 Å². The summed E-state index contributed by atoms with van der Waals surface area (Å²) in [7, 11) is 1.69. The van der Waals surface area contributed by atoms with E-state index in [-0.39, 0.29) is 5.75 Å². The van der Waals surface area contributed by atoms with Gasteiger partial charge in [0.1, 0.15) is 4.90 Å². The van der Waals surface area contributed by atoms with Gasteiger partial charge in [0.2, 0.25) is 0 Å². The van der Waals surface area contributed by atoms with Gasteiger partial charge in [-0.1, -0.05) is 6.07 Å². The second-order valence-electron chi connectivity index (χ2n) is 2.77. The third-order valence-electron chi connectivity index (χ3n) is 1.64. The smallest absolute Gasteiger partial charge is 0.493 e. The summed E-state index contributed by atoms with van der Waals surface area (Å²) in [6.07, 6.45) is -5.05. The quantitative estimate of drug-likeness (QED) is 0.803. The summed E-state index contributed by atoms with van der Waals surface area (Å²) in [5.41, 5.74) is 0. The maximum absolute atomic E-state index is 12.1. The van der Waals surface area contributed by atoms with Gasteiger partial charge in [-0.3, -0.25) is 0 Å². The lowest BCUT2D eigenvalue weighted by atomic mass is 10.3. The number of ether oxygens (including phenoxy) is 2. The minimum atomic E-state index is -5.05. The summed E-state index contributed by atoms with van der Waals surface area (Å²) in [6.45, 7) is 0. The zero-order chi connectivity index (χ0) is 13.3. The fourth-order valence-electron chi connectivity index (χ4n) is 1.06. The van der Waals surface area contributed by atoms with Crippen LogP contribution in [0.5, 0.6) is 11.5 Å². The van der Waals surface area contributed by atoms with Crippen molar-refractivity contribution in [2.75, 3.05) is 7.11 Å². The molecule has 0 saturated carbocycles. The van der Waals surface area contributed by atoms with E-state index in [1.54, 1.807) is 0 Å². The number of para-hydroxylation sites is 1. The van der Waals surface area contributed by atoms with Crippen molar-refractivity contribution >= 4 is 19.7 Å². The molecule has 0 heterocycles. The molecule has 17 heavy (non-hydrogen) atoms. The van der Waals surface area contributed by atoms with Crippen LogP contribution in [0.25, 0.3) is 0 Å². The molecule has 0 radical (unpaired) electrons. The van der Waals surface area contributed by atoms with Crippen molar-refractivity contribution in [3.63, 3.8) is 0 Å². The lowest BCUT2D eigenvalue weighted by Crippen LogP contribution is -2.19. The first-order valence-corrected chi connectivity index (χ1v) is 6.33. The predicted molar refractivity (Wildman–Crippen MR) is 52.7 cm³/mol. The van der Waals surface area contributed by atoms with E-state index in [0.29, 0.717) is 0 Å². The summed E-state index contributed by atoms with van der Waals surface area (Å²) >= 11 is 0. The van der Waals surface area contributed by atoms with Crippen molar-refractivity contribution < 1.29 is 31.1 Å². The molecule has 9 heteroatoms. The normalized spacial score (nSPS) is 12.3. The van der Waals surface area contributed by atoms with Gasteiger partial charge in [-0.2, -0.15) is 0 Å². The van der Waals surface area contributed by atoms with Gasteiger partial charge in [0.25, 0.3) is 9.05 Å². The standard InChI is InChI=1S/C8H6ClF3O4S/c1-15-5-3-2-4-6(17(9,13)14)7(5)16-8(10,11)12/h2-4H,1H3. The molecule has 0 bridgehead atoms. The van der Waals surface area contributed by atoms with Crippen LogP contribution < -0.4 is 9.47 Å². The van der Waals surface area contributed by atoms with Gasteiger partial charge in [0, 0.05) is 10.7 Å². The zero-order valence-electron chi connectivity index (χ0n) is 8.29. The van der Waals surface area contributed by atoms with Gasteiger partial charge < -0.3 is 9.47 Å². The minimum absolute atomic E-state index is 0.385. The number of methoxy groups -OCH3 is 1. The highest BCUT2D eigenvalue weighted by Gasteiger charge is 2.35.